The molecule has 130 valence electrons. The van der Waals surface area contributed by atoms with Crippen molar-refractivity contribution in [3.63, 3.8) is 0 Å². The largest absolute Gasteiger partial charge is 0.493 e. The lowest BCUT2D eigenvalue weighted by molar-refractivity contribution is 0.174. The monoisotopic (exact) mass is 341 g/mol. The first-order chi connectivity index (χ1) is 12.2. The first kappa shape index (κ1) is 15.6. The van der Waals surface area contributed by atoms with Gasteiger partial charge in [0.1, 0.15) is 0 Å². The van der Waals surface area contributed by atoms with Crippen LogP contribution in [0.4, 0.5) is 0 Å². The van der Waals surface area contributed by atoms with Crippen molar-refractivity contribution in [3.8, 4) is 28.7 Å². The molecule has 25 heavy (non-hydrogen) atoms. The van der Waals surface area contributed by atoms with Crippen LogP contribution in [0.2, 0.25) is 0 Å². The summed E-state index contributed by atoms with van der Waals surface area (Å²) in [5.74, 6) is 3.32. The molecule has 2 aromatic rings. The lowest BCUT2D eigenvalue weighted by Gasteiger charge is -2.20. The number of aliphatic imine (C=N–C) groups is 1. The number of rotatable bonds is 4. The van der Waals surface area contributed by atoms with Gasteiger partial charge in [-0.25, -0.2) is 0 Å². The summed E-state index contributed by atoms with van der Waals surface area (Å²) in [6, 6.07) is 7.88. The number of nitrogens with zero attached hydrogens (tertiary/aromatic N) is 1. The van der Waals surface area contributed by atoms with E-state index >= 15 is 0 Å². The smallest absolute Gasteiger partial charge is 0.231 e. The molecule has 0 unspecified atom stereocenters. The molecule has 4 rings (SSSR count). The molecule has 0 bridgehead atoms. The Hall–Kier alpha value is -2.89. The van der Waals surface area contributed by atoms with Gasteiger partial charge >= 0.3 is 0 Å². The number of hydrogen-bond acceptors (Lipinski definition) is 6. The molecule has 0 aliphatic carbocycles. The normalized spacial score (nSPS) is 14.6. The average molecular weight is 341 g/mol. The maximum Gasteiger partial charge on any atom is 0.231 e. The lowest BCUT2D eigenvalue weighted by atomic mass is 9.92. The number of benzene rings is 2. The minimum absolute atomic E-state index is 0.259. The van der Waals surface area contributed by atoms with Crippen LogP contribution in [0.1, 0.15) is 16.7 Å². The molecule has 2 aliphatic rings. The third kappa shape index (κ3) is 2.54. The minimum Gasteiger partial charge on any atom is -0.493 e. The van der Waals surface area contributed by atoms with Crippen molar-refractivity contribution in [2.75, 3.05) is 34.7 Å². The Kier molecular flexibility index (Phi) is 3.87. The zero-order chi connectivity index (χ0) is 17.4. The molecular weight excluding hydrogens is 322 g/mol. The molecule has 2 aromatic carbocycles. The van der Waals surface area contributed by atoms with Crippen LogP contribution in [0, 0.1) is 0 Å². The van der Waals surface area contributed by atoms with E-state index in [4.69, 9.17) is 28.7 Å². The summed E-state index contributed by atoms with van der Waals surface area (Å²) in [5.41, 5.74) is 4.04. The van der Waals surface area contributed by atoms with Crippen LogP contribution in [-0.4, -0.2) is 40.4 Å². The summed E-state index contributed by atoms with van der Waals surface area (Å²) in [5, 5.41) is 0. The Morgan fingerprint density at radius 2 is 1.56 bits per heavy atom. The average Bonchev–Trinajstić information content (AvgIpc) is 3.11. The zero-order valence-electron chi connectivity index (χ0n) is 14.4. The molecule has 0 spiro atoms. The Bertz CT molecular complexity index is 834. The highest BCUT2D eigenvalue weighted by atomic mass is 16.7. The molecule has 6 nitrogen and oxygen atoms in total. The molecule has 6 heteroatoms. The van der Waals surface area contributed by atoms with Gasteiger partial charge in [0.15, 0.2) is 23.0 Å². The Morgan fingerprint density at radius 3 is 2.20 bits per heavy atom. The van der Waals surface area contributed by atoms with Gasteiger partial charge in [0, 0.05) is 17.7 Å². The summed E-state index contributed by atoms with van der Waals surface area (Å²) in [7, 11) is 4.81. The van der Waals surface area contributed by atoms with E-state index in [9.17, 15) is 0 Å². The van der Waals surface area contributed by atoms with Crippen LogP contribution >= 0.6 is 0 Å². The first-order valence-corrected chi connectivity index (χ1v) is 8.03. The molecule has 0 N–H and O–H groups in total. The second-order valence-electron chi connectivity index (χ2n) is 5.76. The van der Waals surface area contributed by atoms with Crippen LogP contribution in [0.5, 0.6) is 28.7 Å². The summed E-state index contributed by atoms with van der Waals surface area (Å²) in [6.45, 7) is 0.980. The van der Waals surface area contributed by atoms with Gasteiger partial charge in [0.05, 0.1) is 27.0 Å². The highest BCUT2D eigenvalue weighted by Gasteiger charge is 2.24. The summed E-state index contributed by atoms with van der Waals surface area (Å²) >= 11 is 0. The van der Waals surface area contributed by atoms with E-state index in [1.165, 1.54) is 5.56 Å². The topological polar surface area (TPSA) is 58.5 Å². The van der Waals surface area contributed by atoms with Gasteiger partial charge in [0.25, 0.3) is 0 Å². The van der Waals surface area contributed by atoms with Gasteiger partial charge in [-0.05, 0) is 36.2 Å². The maximum atomic E-state index is 5.53. The first-order valence-electron chi connectivity index (χ1n) is 8.03. The molecule has 2 aliphatic heterocycles. The second kappa shape index (κ2) is 6.20. The number of fused-ring (bicyclic) bond motifs is 2. The van der Waals surface area contributed by atoms with E-state index < -0.39 is 0 Å². The zero-order valence-corrected chi connectivity index (χ0v) is 14.4. The van der Waals surface area contributed by atoms with Crippen LogP contribution in [0.3, 0.4) is 0 Å². The molecule has 0 amide bonds. The summed E-state index contributed by atoms with van der Waals surface area (Å²) < 4.78 is 27.4. The van der Waals surface area contributed by atoms with Crippen LogP contribution in [0.15, 0.2) is 29.3 Å². The molecule has 0 fully saturated rings. The molecule has 0 aromatic heterocycles. The molecule has 2 heterocycles. The van der Waals surface area contributed by atoms with Gasteiger partial charge in [-0.1, -0.05) is 0 Å². The fraction of sp³-hybridized carbons (Fsp3) is 0.316. The van der Waals surface area contributed by atoms with Gasteiger partial charge in [0.2, 0.25) is 12.5 Å². The van der Waals surface area contributed by atoms with Crippen molar-refractivity contribution in [2.24, 2.45) is 4.99 Å². The molecule has 0 atom stereocenters. The minimum atomic E-state index is 0.259. The number of hydrogen-bond donors (Lipinski definition) is 0. The summed E-state index contributed by atoms with van der Waals surface area (Å²) in [6.07, 6.45) is 0.875. The molecule has 0 saturated heterocycles. The third-order valence-corrected chi connectivity index (χ3v) is 4.44. The number of ether oxygens (including phenoxy) is 5. The van der Waals surface area contributed by atoms with E-state index in [0.29, 0.717) is 17.2 Å². The predicted molar refractivity (Wildman–Crippen MR) is 92.9 cm³/mol. The van der Waals surface area contributed by atoms with E-state index in [1.54, 1.807) is 21.3 Å². The molecule has 0 saturated carbocycles. The Morgan fingerprint density at radius 1 is 0.880 bits per heavy atom. The second-order valence-corrected chi connectivity index (χ2v) is 5.76. The molecular formula is C19H19NO5. The third-order valence-electron chi connectivity index (χ3n) is 4.44. The lowest BCUT2D eigenvalue weighted by Crippen LogP contribution is -2.14. The van der Waals surface area contributed by atoms with Crippen molar-refractivity contribution in [1.82, 2.24) is 0 Å². The Balaban J connectivity index is 1.85. The van der Waals surface area contributed by atoms with Crippen molar-refractivity contribution in [1.29, 1.82) is 0 Å². The van der Waals surface area contributed by atoms with E-state index in [0.717, 1.165) is 41.3 Å². The highest BCUT2D eigenvalue weighted by Crippen LogP contribution is 2.41. The summed E-state index contributed by atoms with van der Waals surface area (Å²) in [4.78, 5) is 4.74. The Labute approximate surface area is 145 Å². The van der Waals surface area contributed by atoms with Crippen molar-refractivity contribution in [2.45, 2.75) is 6.42 Å². The fourth-order valence-electron chi connectivity index (χ4n) is 3.25. The van der Waals surface area contributed by atoms with Crippen LogP contribution < -0.4 is 23.7 Å². The SMILES string of the molecule is COc1cc(C2=NCCc3cc4c(cc32)OCO4)cc(OC)c1OC. The van der Waals surface area contributed by atoms with Gasteiger partial charge in [-0.3, -0.25) is 4.99 Å². The van der Waals surface area contributed by atoms with Crippen molar-refractivity contribution < 1.29 is 23.7 Å². The van der Waals surface area contributed by atoms with Crippen LogP contribution in [0.25, 0.3) is 0 Å². The van der Waals surface area contributed by atoms with Gasteiger partial charge < -0.3 is 23.7 Å². The van der Waals surface area contributed by atoms with Crippen molar-refractivity contribution in [3.05, 3.63) is 41.0 Å². The van der Waals surface area contributed by atoms with Crippen molar-refractivity contribution >= 4 is 5.71 Å². The van der Waals surface area contributed by atoms with E-state index in [2.05, 4.69) is 0 Å². The van der Waals surface area contributed by atoms with E-state index in [-0.39, 0.29) is 6.79 Å². The number of methoxy groups -OCH3 is 3. The quantitative estimate of drug-likeness (QED) is 0.856. The van der Waals surface area contributed by atoms with Gasteiger partial charge in [-0.2, -0.15) is 0 Å². The van der Waals surface area contributed by atoms with Gasteiger partial charge in [-0.15, -0.1) is 0 Å². The predicted octanol–water partition coefficient (Wildman–Crippen LogP) is 2.83. The van der Waals surface area contributed by atoms with Crippen LogP contribution in [-0.2, 0) is 6.42 Å². The standard InChI is InChI=1S/C19H19NO5/c1-21-16-7-12(8-17(22-2)19(16)23-3)18-13-9-15-14(24-10-25-15)6-11(13)4-5-20-18/h6-9H,4-5,10H2,1-3H3. The van der Waals surface area contributed by atoms with E-state index in [1.807, 2.05) is 24.3 Å². The fourth-order valence-corrected chi connectivity index (χ4v) is 3.25. The highest BCUT2D eigenvalue weighted by molar-refractivity contribution is 6.15. The molecule has 0 radical (unpaired) electrons. The maximum absolute atomic E-state index is 5.53.